The third kappa shape index (κ3) is 1.82. The van der Waals surface area contributed by atoms with Crippen LogP contribution in [0.5, 0.6) is 0 Å². The first kappa shape index (κ1) is 10.4. The largest absolute Gasteiger partial charge is 0.381 e. The van der Waals surface area contributed by atoms with Gasteiger partial charge in [-0.1, -0.05) is 0 Å². The summed E-state index contributed by atoms with van der Waals surface area (Å²) in [5.74, 6) is 1.05. The van der Waals surface area contributed by atoms with Crippen molar-refractivity contribution in [2.75, 3.05) is 13.2 Å². The molecular formula is C12H13N3O2. The topological polar surface area (TPSA) is 56.5 Å². The minimum atomic E-state index is 0.475. The zero-order valence-electron chi connectivity index (χ0n) is 9.37. The van der Waals surface area contributed by atoms with E-state index in [1.165, 1.54) is 0 Å². The first-order chi connectivity index (χ1) is 8.38. The molecule has 0 atom stereocenters. The third-order valence-corrected chi connectivity index (χ3v) is 3.23. The number of imidazole rings is 1. The van der Waals surface area contributed by atoms with Crippen molar-refractivity contribution in [1.82, 2.24) is 14.4 Å². The molecule has 1 saturated heterocycles. The molecule has 2 aromatic rings. The molecule has 2 aromatic heterocycles. The summed E-state index contributed by atoms with van der Waals surface area (Å²) in [4.78, 5) is 19.2. The molecule has 1 aliphatic rings. The van der Waals surface area contributed by atoms with Crippen molar-refractivity contribution in [3.05, 3.63) is 29.8 Å². The molecule has 0 saturated carbocycles. The third-order valence-electron chi connectivity index (χ3n) is 3.23. The molecule has 0 N–H and O–H groups in total. The van der Waals surface area contributed by atoms with E-state index in [9.17, 15) is 4.79 Å². The van der Waals surface area contributed by atoms with Crippen LogP contribution in [0.3, 0.4) is 0 Å². The molecule has 0 unspecified atom stereocenters. The van der Waals surface area contributed by atoms with Crippen LogP contribution < -0.4 is 0 Å². The number of carbonyl (C=O) groups excluding carboxylic acids is 1. The molecule has 0 aromatic carbocycles. The van der Waals surface area contributed by atoms with Gasteiger partial charge in [0.2, 0.25) is 5.78 Å². The van der Waals surface area contributed by atoms with Crippen LogP contribution in [0.25, 0.3) is 5.78 Å². The number of hydrogen-bond donors (Lipinski definition) is 0. The Hall–Kier alpha value is -1.75. The average Bonchev–Trinajstić information content (AvgIpc) is 2.81. The molecule has 0 radical (unpaired) electrons. The van der Waals surface area contributed by atoms with Gasteiger partial charge in [-0.3, -0.25) is 9.20 Å². The van der Waals surface area contributed by atoms with E-state index in [-0.39, 0.29) is 0 Å². The van der Waals surface area contributed by atoms with Crippen LogP contribution in [0.4, 0.5) is 0 Å². The number of carbonyl (C=O) groups is 1. The van der Waals surface area contributed by atoms with Crippen molar-refractivity contribution in [1.29, 1.82) is 0 Å². The Morgan fingerprint density at radius 3 is 2.82 bits per heavy atom. The maximum absolute atomic E-state index is 10.9. The minimum absolute atomic E-state index is 0.475. The minimum Gasteiger partial charge on any atom is -0.381 e. The van der Waals surface area contributed by atoms with Crippen molar-refractivity contribution in [2.24, 2.45) is 0 Å². The zero-order valence-corrected chi connectivity index (χ0v) is 9.37. The Morgan fingerprint density at radius 2 is 2.06 bits per heavy atom. The average molecular weight is 231 g/mol. The van der Waals surface area contributed by atoms with Gasteiger partial charge in [0, 0.05) is 25.6 Å². The predicted molar refractivity (Wildman–Crippen MR) is 61.2 cm³/mol. The molecule has 17 heavy (non-hydrogen) atoms. The van der Waals surface area contributed by atoms with Crippen molar-refractivity contribution >= 4 is 12.1 Å². The van der Waals surface area contributed by atoms with Gasteiger partial charge >= 0.3 is 0 Å². The van der Waals surface area contributed by atoms with E-state index in [1.807, 2.05) is 12.4 Å². The normalized spacial score (nSPS) is 17.4. The first-order valence-electron chi connectivity index (χ1n) is 5.74. The molecule has 0 spiro atoms. The summed E-state index contributed by atoms with van der Waals surface area (Å²) in [5, 5.41) is 0. The van der Waals surface area contributed by atoms with E-state index >= 15 is 0 Å². The summed E-state index contributed by atoms with van der Waals surface area (Å²) >= 11 is 0. The maximum atomic E-state index is 10.9. The fourth-order valence-electron chi connectivity index (χ4n) is 2.24. The molecule has 5 heteroatoms. The van der Waals surface area contributed by atoms with Gasteiger partial charge in [-0.25, -0.2) is 9.97 Å². The van der Waals surface area contributed by atoms with Crippen LogP contribution in [0.2, 0.25) is 0 Å². The summed E-state index contributed by atoms with van der Waals surface area (Å²) < 4.78 is 7.09. The molecule has 1 aliphatic heterocycles. The molecule has 0 amide bonds. The number of aldehydes is 1. The lowest BCUT2D eigenvalue weighted by Gasteiger charge is -2.21. The van der Waals surface area contributed by atoms with E-state index in [4.69, 9.17) is 4.74 Å². The Balaban J connectivity index is 2.01. The van der Waals surface area contributed by atoms with E-state index in [0.29, 0.717) is 17.4 Å². The molecule has 3 heterocycles. The molecular weight excluding hydrogens is 218 g/mol. The van der Waals surface area contributed by atoms with E-state index in [1.54, 1.807) is 10.6 Å². The number of aromatic nitrogens is 3. The van der Waals surface area contributed by atoms with Gasteiger partial charge in [-0.15, -0.1) is 0 Å². The van der Waals surface area contributed by atoms with Gasteiger partial charge in [-0.05, 0) is 24.3 Å². The highest BCUT2D eigenvalue weighted by molar-refractivity contribution is 5.73. The fraction of sp³-hybridized carbons (Fsp3) is 0.417. The van der Waals surface area contributed by atoms with Crippen LogP contribution in [-0.4, -0.2) is 33.9 Å². The Morgan fingerprint density at radius 1 is 1.29 bits per heavy atom. The molecule has 3 rings (SSSR count). The van der Waals surface area contributed by atoms with Gasteiger partial charge in [0.05, 0.1) is 6.20 Å². The van der Waals surface area contributed by atoms with Crippen LogP contribution in [0.1, 0.15) is 34.8 Å². The zero-order chi connectivity index (χ0) is 11.7. The van der Waals surface area contributed by atoms with Crippen molar-refractivity contribution < 1.29 is 9.53 Å². The second-order valence-electron chi connectivity index (χ2n) is 4.24. The van der Waals surface area contributed by atoms with Gasteiger partial charge < -0.3 is 4.74 Å². The quantitative estimate of drug-likeness (QED) is 0.734. The predicted octanol–water partition coefficient (Wildman–Crippen LogP) is 1.44. The summed E-state index contributed by atoms with van der Waals surface area (Å²) in [6.45, 7) is 1.60. The lowest BCUT2D eigenvalue weighted by molar-refractivity contribution is 0.0852. The van der Waals surface area contributed by atoms with E-state index in [2.05, 4.69) is 9.97 Å². The summed E-state index contributed by atoms with van der Waals surface area (Å²) in [5.41, 5.74) is 1.70. The summed E-state index contributed by atoms with van der Waals surface area (Å²) in [7, 11) is 0. The van der Waals surface area contributed by atoms with Crippen molar-refractivity contribution in [2.45, 2.75) is 18.8 Å². The molecule has 88 valence electrons. The van der Waals surface area contributed by atoms with Gasteiger partial charge in [-0.2, -0.15) is 0 Å². The first-order valence-corrected chi connectivity index (χ1v) is 5.74. The monoisotopic (exact) mass is 231 g/mol. The smallest absolute Gasteiger partial charge is 0.234 e. The van der Waals surface area contributed by atoms with Gasteiger partial charge in [0.15, 0.2) is 6.29 Å². The second-order valence-corrected chi connectivity index (χ2v) is 4.24. The highest BCUT2D eigenvalue weighted by Crippen LogP contribution is 2.26. The van der Waals surface area contributed by atoms with Gasteiger partial charge in [0.25, 0.3) is 0 Å². The van der Waals surface area contributed by atoms with Crippen LogP contribution in [0, 0.1) is 0 Å². The molecule has 0 aliphatic carbocycles. The standard InChI is InChI=1S/C12H13N3O2/c16-8-11-6-14-12-13-5-10(7-15(11)12)9-1-3-17-4-2-9/h5-9H,1-4H2. The Bertz CT molecular complexity index is 544. The lowest BCUT2D eigenvalue weighted by atomic mass is 9.94. The SMILES string of the molecule is O=Cc1cnc2ncc(C3CCOCC3)cn12. The summed E-state index contributed by atoms with van der Waals surface area (Å²) in [6.07, 6.45) is 8.19. The maximum Gasteiger partial charge on any atom is 0.234 e. The van der Waals surface area contributed by atoms with E-state index < -0.39 is 0 Å². The highest BCUT2D eigenvalue weighted by Gasteiger charge is 2.17. The molecule has 0 bridgehead atoms. The van der Waals surface area contributed by atoms with Crippen LogP contribution in [0.15, 0.2) is 18.6 Å². The van der Waals surface area contributed by atoms with Crippen LogP contribution in [-0.2, 0) is 4.74 Å². The fourth-order valence-corrected chi connectivity index (χ4v) is 2.24. The number of hydrogen-bond acceptors (Lipinski definition) is 4. The Labute approximate surface area is 98.4 Å². The number of nitrogens with zero attached hydrogens (tertiary/aromatic N) is 3. The van der Waals surface area contributed by atoms with E-state index in [0.717, 1.165) is 37.9 Å². The Kier molecular flexibility index (Phi) is 2.60. The number of fused-ring (bicyclic) bond motifs is 1. The molecule has 1 fully saturated rings. The summed E-state index contributed by atoms with van der Waals surface area (Å²) in [6, 6.07) is 0. The van der Waals surface area contributed by atoms with Crippen molar-refractivity contribution in [3.8, 4) is 0 Å². The number of rotatable bonds is 2. The molecule has 5 nitrogen and oxygen atoms in total. The van der Waals surface area contributed by atoms with Gasteiger partial charge in [0.1, 0.15) is 5.69 Å². The highest BCUT2D eigenvalue weighted by atomic mass is 16.5. The lowest BCUT2D eigenvalue weighted by Crippen LogP contribution is -2.15. The second kappa shape index (κ2) is 4.25. The number of ether oxygens (including phenoxy) is 1. The van der Waals surface area contributed by atoms with Crippen molar-refractivity contribution in [3.63, 3.8) is 0 Å². The van der Waals surface area contributed by atoms with Crippen LogP contribution >= 0.6 is 0 Å².